The maximum absolute atomic E-state index is 13.2. The summed E-state index contributed by atoms with van der Waals surface area (Å²) in [6, 6.07) is 16.6. The molecule has 0 spiro atoms. The minimum absolute atomic E-state index is 0.208. The normalized spacial score (nSPS) is 14.3. The van der Waals surface area contributed by atoms with Gasteiger partial charge in [-0.2, -0.15) is 0 Å². The van der Waals surface area contributed by atoms with Gasteiger partial charge in [-0.05, 0) is 89.4 Å². The molecule has 0 aromatic heterocycles. The molecule has 1 aliphatic rings. The lowest BCUT2D eigenvalue weighted by Gasteiger charge is -2.26. The summed E-state index contributed by atoms with van der Waals surface area (Å²) in [5.41, 5.74) is 1.61. The zero-order chi connectivity index (χ0) is 27.9. The third-order valence-electron chi connectivity index (χ3n) is 5.76. The van der Waals surface area contributed by atoms with E-state index in [1.807, 2.05) is 38.1 Å². The summed E-state index contributed by atoms with van der Waals surface area (Å²) in [6.07, 6.45) is 1.40. The number of amides is 4. The number of rotatable bonds is 10. The molecular formula is C29H27BrN2O7. The molecular weight excluding hydrogens is 568 g/mol. The third-order valence-corrected chi connectivity index (χ3v) is 6.34. The largest absolute Gasteiger partial charge is 0.497 e. The highest BCUT2D eigenvalue weighted by atomic mass is 79.9. The van der Waals surface area contributed by atoms with Gasteiger partial charge in [0.05, 0.1) is 23.9 Å². The van der Waals surface area contributed by atoms with Crippen molar-refractivity contribution in [3.8, 4) is 23.0 Å². The Labute approximate surface area is 234 Å². The van der Waals surface area contributed by atoms with Crippen LogP contribution < -0.4 is 29.2 Å². The van der Waals surface area contributed by atoms with E-state index in [1.165, 1.54) is 13.2 Å². The summed E-state index contributed by atoms with van der Waals surface area (Å²) in [6.45, 7) is 4.74. The zero-order valence-electron chi connectivity index (χ0n) is 21.7. The van der Waals surface area contributed by atoms with Gasteiger partial charge in [-0.25, -0.2) is 9.69 Å². The Morgan fingerprint density at radius 1 is 0.923 bits per heavy atom. The standard InChI is InChI=1S/C29H27BrN2O7/c1-4-37-25-17-19(16-23(30)26(25)39-14-13-38-24-8-6-5-7-18(24)2)15-22-27(33)31-29(35)32(28(22)34)20-9-11-21(36-3)12-10-20/h5-12,15-17H,4,13-14H2,1-3H3,(H,31,33,35). The number of barbiturate groups is 1. The molecule has 0 unspecified atom stereocenters. The predicted molar refractivity (Wildman–Crippen MR) is 149 cm³/mol. The van der Waals surface area contributed by atoms with Crippen LogP contribution in [0.3, 0.4) is 0 Å². The van der Waals surface area contributed by atoms with Gasteiger partial charge >= 0.3 is 6.03 Å². The van der Waals surface area contributed by atoms with E-state index < -0.39 is 17.8 Å². The Hall–Kier alpha value is -4.31. The van der Waals surface area contributed by atoms with E-state index >= 15 is 0 Å². The van der Waals surface area contributed by atoms with Crippen LogP contribution in [-0.4, -0.2) is 44.8 Å². The van der Waals surface area contributed by atoms with Gasteiger partial charge in [-0.15, -0.1) is 0 Å². The topological polar surface area (TPSA) is 103 Å². The second-order valence-corrected chi connectivity index (χ2v) is 9.24. The highest BCUT2D eigenvalue weighted by Crippen LogP contribution is 2.38. The van der Waals surface area contributed by atoms with Crippen LogP contribution in [0.5, 0.6) is 23.0 Å². The summed E-state index contributed by atoms with van der Waals surface area (Å²) >= 11 is 3.51. The Bertz CT molecular complexity index is 1420. The predicted octanol–water partition coefficient (Wildman–Crippen LogP) is 5.29. The van der Waals surface area contributed by atoms with Crippen molar-refractivity contribution in [3.05, 3.63) is 81.8 Å². The molecule has 39 heavy (non-hydrogen) atoms. The number of carbonyl (C=O) groups is 3. The molecule has 1 saturated heterocycles. The van der Waals surface area contributed by atoms with Crippen molar-refractivity contribution in [1.82, 2.24) is 5.32 Å². The molecule has 9 nitrogen and oxygen atoms in total. The summed E-state index contributed by atoms with van der Waals surface area (Å²) < 4.78 is 23.2. The molecule has 4 amide bonds. The maximum Gasteiger partial charge on any atom is 0.335 e. The van der Waals surface area contributed by atoms with E-state index in [0.29, 0.717) is 46.2 Å². The highest BCUT2D eigenvalue weighted by Gasteiger charge is 2.37. The smallest absolute Gasteiger partial charge is 0.335 e. The van der Waals surface area contributed by atoms with Crippen LogP contribution in [0, 0.1) is 6.92 Å². The number of aryl methyl sites for hydroxylation is 1. The van der Waals surface area contributed by atoms with E-state index in [-0.39, 0.29) is 12.2 Å². The maximum atomic E-state index is 13.2. The first-order valence-electron chi connectivity index (χ1n) is 12.2. The molecule has 0 radical (unpaired) electrons. The van der Waals surface area contributed by atoms with Crippen LogP contribution in [0.1, 0.15) is 18.1 Å². The van der Waals surface area contributed by atoms with Crippen molar-refractivity contribution >= 4 is 45.5 Å². The Kier molecular flexibility index (Phi) is 8.88. The molecule has 4 rings (SSSR count). The second kappa shape index (κ2) is 12.5. The molecule has 0 bridgehead atoms. The fourth-order valence-electron chi connectivity index (χ4n) is 3.88. The number of benzene rings is 3. The van der Waals surface area contributed by atoms with Gasteiger partial charge in [0.2, 0.25) is 0 Å². The van der Waals surface area contributed by atoms with Crippen molar-refractivity contribution in [2.75, 3.05) is 31.8 Å². The summed E-state index contributed by atoms with van der Waals surface area (Å²) in [7, 11) is 1.51. The van der Waals surface area contributed by atoms with Gasteiger partial charge in [0.15, 0.2) is 11.5 Å². The van der Waals surface area contributed by atoms with Crippen LogP contribution >= 0.6 is 15.9 Å². The lowest BCUT2D eigenvalue weighted by atomic mass is 10.1. The van der Waals surface area contributed by atoms with Gasteiger partial charge in [0.1, 0.15) is 30.3 Å². The molecule has 0 aliphatic carbocycles. The summed E-state index contributed by atoms with van der Waals surface area (Å²) in [5.74, 6) is 0.676. The molecule has 0 atom stereocenters. The molecule has 3 aromatic carbocycles. The van der Waals surface area contributed by atoms with Crippen molar-refractivity contribution in [2.24, 2.45) is 0 Å². The number of hydrogen-bond donors (Lipinski definition) is 1. The summed E-state index contributed by atoms with van der Waals surface area (Å²) in [4.78, 5) is 39.3. The average molecular weight is 595 g/mol. The van der Waals surface area contributed by atoms with Crippen molar-refractivity contribution in [3.63, 3.8) is 0 Å². The van der Waals surface area contributed by atoms with Crippen molar-refractivity contribution in [2.45, 2.75) is 13.8 Å². The van der Waals surface area contributed by atoms with Crippen LogP contribution in [0.15, 0.2) is 70.7 Å². The van der Waals surface area contributed by atoms with Gasteiger partial charge in [0, 0.05) is 0 Å². The molecule has 10 heteroatoms. The fourth-order valence-corrected chi connectivity index (χ4v) is 4.45. The minimum Gasteiger partial charge on any atom is -0.497 e. The monoisotopic (exact) mass is 594 g/mol. The number of nitrogens with zero attached hydrogens (tertiary/aromatic N) is 1. The van der Waals surface area contributed by atoms with Gasteiger partial charge in [-0.3, -0.25) is 14.9 Å². The van der Waals surface area contributed by atoms with Crippen LogP contribution in [0.25, 0.3) is 6.08 Å². The Balaban J connectivity index is 1.55. The van der Waals surface area contributed by atoms with E-state index in [9.17, 15) is 14.4 Å². The number of urea groups is 1. The highest BCUT2D eigenvalue weighted by molar-refractivity contribution is 9.10. The molecule has 3 aromatic rings. The fraction of sp³-hybridized carbons (Fsp3) is 0.207. The first-order chi connectivity index (χ1) is 18.8. The molecule has 1 fully saturated rings. The van der Waals surface area contributed by atoms with Crippen LogP contribution in [0.2, 0.25) is 0 Å². The number of halogens is 1. The molecule has 0 saturated carbocycles. The van der Waals surface area contributed by atoms with Gasteiger partial charge in [0.25, 0.3) is 11.8 Å². The summed E-state index contributed by atoms with van der Waals surface area (Å²) in [5, 5.41) is 2.22. The lowest BCUT2D eigenvalue weighted by Crippen LogP contribution is -2.54. The number of anilines is 1. The van der Waals surface area contributed by atoms with E-state index in [0.717, 1.165) is 16.2 Å². The third kappa shape index (κ3) is 6.40. The van der Waals surface area contributed by atoms with Gasteiger partial charge in [-0.1, -0.05) is 18.2 Å². The molecule has 1 aliphatic heterocycles. The number of ether oxygens (including phenoxy) is 4. The minimum atomic E-state index is -0.833. The van der Waals surface area contributed by atoms with E-state index in [1.54, 1.807) is 36.4 Å². The second-order valence-electron chi connectivity index (χ2n) is 8.38. The number of hydrogen-bond acceptors (Lipinski definition) is 7. The molecule has 1 N–H and O–H groups in total. The zero-order valence-corrected chi connectivity index (χ0v) is 23.2. The SMILES string of the molecule is CCOc1cc(C=C2C(=O)NC(=O)N(c3ccc(OC)cc3)C2=O)cc(Br)c1OCCOc1ccccc1C. The van der Waals surface area contributed by atoms with E-state index in [2.05, 4.69) is 21.2 Å². The van der Waals surface area contributed by atoms with Gasteiger partial charge < -0.3 is 18.9 Å². The van der Waals surface area contributed by atoms with Crippen LogP contribution in [-0.2, 0) is 9.59 Å². The Morgan fingerprint density at radius 2 is 1.64 bits per heavy atom. The van der Waals surface area contributed by atoms with Crippen molar-refractivity contribution < 1.29 is 33.3 Å². The molecule has 1 heterocycles. The van der Waals surface area contributed by atoms with E-state index in [4.69, 9.17) is 18.9 Å². The number of nitrogens with one attached hydrogen (secondary N) is 1. The number of methoxy groups -OCH3 is 1. The number of para-hydroxylation sites is 1. The first-order valence-corrected chi connectivity index (χ1v) is 12.9. The van der Waals surface area contributed by atoms with Crippen molar-refractivity contribution in [1.29, 1.82) is 0 Å². The lowest BCUT2D eigenvalue weighted by molar-refractivity contribution is -0.122. The number of carbonyl (C=O) groups excluding carboxylic acids is 3. The average Bonchev–Trinajstić information content (AvgIpc) is 2.91. The number of imide groups is 2. The Morgan fingerprint density at radius 3 is 2.33 bits per heavy atom. The van der Waals surface area contributed by atoms with Crippen LogP contribution in [0.4, 0.5) is 10.5 Å². The molecule has 202 valence electrons. The first kappa shape index (κ1) is 27.7. The quantitative estimate of drug-likeness (QED) is 0.193.